The fourth-order valence-electron chi connectivity index (χ4n) is 2.52. The number of halogens is 2. The van der Waals surface area contributed by atoms with Crippen molar-refractivity contribution in [1.82, 2.24) is 10.6 Å². The molecule has 2 aromatic rings. The average Bonchev–Trinajstić information content (AvgIpc) is 2.76. The van der Waals surface area contributed by atoms with E-state index >= 15 is 0 Å². The maximum Gasteiger partial charge on any atom is 0.326 e. The van der Waals surface area contributed by atoms with Crippen molar-refractivity contribution in [3.8, 4) is 0 Å². The van der Waals surface area contributed by atoms with E-state index < -0.39 is 36.3 Å². The molecule has 0 aliphatic heterocycles. The van der Waals surface area contributed by atoms with Gasteiger partial charge in [-0.05, 0) is 49.2 Å². The van der Waals surface area contributed by atoms with Gasteiger partial charge in [0.1, 0.15) is 6.54 Å². The summed E-state index contributed by atoms with van der Waals surface area (Å²) in [6.07, 6.45) is -0.177. The lowest BCUT2D eigenvalue weighted by Gasteiger charge is -2.14. The molecule has 0 heterocycles. The second kappa shape index (κ2) is 12.1. The first-order chi connectivity index (χ1) is 15.2. The average molecular weight is 480 g/mol. The number of amides is 3. The maximum absolute atomic E-state index is 12.2. The van der Waals surface area contributed by atoms with Crippen molar-refractivity contribution in [2.45, 2.75) is 26.4 Å². The van der Waals surface area contributed by atoms with Crippen molar-refractivity contribution in [3.63, 3.8) is 0 Å². The Morgan fingerprint density at radius 3 is 2.28 bits per heavy atom. The number of anilines is 1. The minimum Gasteiger partial charge on any atom is -0.451 e. The summed E-state index contributed by atoms with van der Waals surface area (Å²) in [4.78, 5) is 48.0. The van der Waals surface area contributed by atoms with Crippen LogP contribution < -0.4 is 16.0 Å². The fraction of sp³-hybridized carbons (Fsp3) is 0.273. The second-order valence-corrected chi connectivity index (χ2v) is 7.60. The minimum atomic E-state index is -1.06. The first kappa shape index (κ1) is 25.2. The van der Waals surface area contributed by atoms with Crippen molar-refractivity contribution in [2.75, 3.05) is 18.4 Å². The molecule has 2 aromatic carbocycles. The topological polar surface area (TPSA) is 114 Å². The van der Waals surface area contributed by atoms with Gasteiger partial charge in [0.05, 0.1) is 17.1 Å². The summed E-state index contributed by atoms with van der Waals surface area (Å²) in [6, 6.07) is 11.6. The number of aryl methyl sites for hydroxylation is 1. The van der Waals surface area contributed by atoms with Gasteiger partial charge in [-0.25, -0.2) is 0 Å². The van der Waals surface area contributed by atoms with Crippen LogP contribution in [0.25, 0.3) is 0 Å². The first-order valence-electron chi connectivity index (χ1n) is 9.78. The number of hydrogen-bond donors (Lipinski definition) is 3. The van der Waals surface area contributed by atoms with Crippen LogP contribution in [0.15, 0.2) is 42.5 Å². The molecule has 0 spiro atoms. The van der Waals surface area contributed by atoms with Crippen LogP contribution in [0.3, 0.4) is 0 Å². The van der Waals surface area contributed by atoms with Crippen molar-refractivity contribution in [3.05, 3.63) is 63.6 Å². The summed E-state index contributed by atoms with van der Waals surface area (Å²) in [7, 11) is 0. The smallest absolute Gasteiger partial charge is 0.326 e. The zero-order valence-corrected chi connectivity index (χ0v) is 19.0. The van der Waals surface area contributed by atoms with Crippen molar-refractivity contribution >= 4 is 52.6 Å². The SMILES string of the molecule is CCc1ccc(NC(=O)C(C)OC(=O)CNC(=O)CNC(=O)c2ccc(Cl)cc2Cl)cc1. The molecule has 0 aliphatic rings. The second-order valence-electron chi connectivity index (χ2n) is 6.76. The molecule has 0 saturated heterocycles. The van der Waals surface area contributed by atoms with E-state index in [1.165, 1.54) is 25.1 Å². The molecule has 0 bridgehead atoms. The van der Waals surface area contributed by atoms with Gasteiger partial charge in [-0.1, -0.05) is 42.3 Å². The minimum absolute atomic E-state index is 0.146. The molecule has 0 fully saturated rings. The van der Waals surface area contributed by atoms with Gasteiger partial charge in [0.2, 0.25) is 5.91 Å². The largest absolute Gasteiger partial charge is 0.451 e. The highest BCUT2D eigenvalue weighted by Gasteiger charge is 2.19. The van der Waals surface area contributed by atoms with Gasteiger partial charge in [0, 0.05) is 10.7 Å². The quantitative estimate of drug-likeness (QED) is 0.478. The lowest BCUT2D eigenvalue weighted by Crippen LogP contribution is -2.40. The number of rotatable bonds is 9. The number of nitrogens with one attached hydrogen (secondary N) is 3. The number of benzene rings is 2. The summed E-state index contributed by atoms with van der Waals surface area (Å²) < 4.78 is 5.02. The van der Waals surface area contributed by atoms with Crippen LogP contribution in [0.2, 0.25) is 10.0 Å². The normalized spacial score (nSPS) is 11.2. The Balaban J connectivity index is 1.72. The molecular weight excluding hydrogens is 457 g/mol. The lowest BCUT2D eigenvalue weighted by atomic mass is 10.1. The molecule has 2 rings (SSSR count). The molecule has 170 valence electrons. The summed E-state index contributed by atoms with van der Waals surface area (Å²) in [5.74, 6) is -2.48. The molecule has 3 N–H and O–H groups in total. The van der Waals surface area contributed by atoms with Gasteiger partial charge >= 0.3 is 5.97 Å². The van der Waals surface area contributed by atoms with Crippen LogP contribution in [-0.2, 0) is 25.5 Å². The number of ether oxygens (including phenoxy) is 1. The molecule has 0 aromatic heterocycles. The monoisotopic (exact) mass is 479 g/mol. The third-order valence-electron chi connectivity index (χ3n) is 4.32. The Morgan fingerprint density at radius 1 is 0.969 bits per heavy atom. The van der Waals surface area contributed by atoms with Gasteiger partial charge in [0.15, 0.2) is 6.10 Å². The van der Waals surface area contributed by atoms with E-state index in [1.807, 2.05) is 19.1 Å². The number of hydrogen-bond acceptors (Lipinski definition) is 5. The van der Waals surface area contributed by atoms with Crippen LogP contribution >= 0.6 is 23.2 Å². The third kappa shape index (κ3) is 7.86. The van der Waals surface area contributed by atoms with Gasteiger partial charge < -0.3 is 20.7 Å². The third-order valence-corrected chi connectivity index (χ3v) is 4.87. The molecule has 32 heavy (non-hydrogen) atoms. The Morgan fingerprint density at radius 2 is 1.66 bits per heavy atom. The van der Waals surface area contributed by atoms with E-state index in [-0.39, 0.29) is 17.1 Å². The van der Waals surface area contributed by atoms with Gasteiger partial charge in [-0.3, -0.25) is 19.2 Å². The maximum atomic E-state index is 12.2. The summed E-state index contributed by atoms with van der Waals surface area (Å²) in [5, 5.41) is 7.86. The van der Waals surface area contributed by atoms with Crippen LogP contribution in [0.1, 0.15) is 29.8 Å². The van der Waals surface area contributed by atoms with E-state index in [2.05, 4.69) is 16.0 Å². The molecule has 0 radical (unpaired) electrons. The number of esters is 1. The van der Waals surface area contributed by atoms with E-state index in [1.54, 1.807) is 12.1 Å². The van der Waals surface area contributed by atoms with Crippen LogP contribution in [0, 0.1) is 0 Å². The molecule has 10 heteroatoms. The summed E-state index contributed by atoms with van der Waals surface area (Å²) in [6.45, 7) is 2.61. The van der Waals surface area contributed by atoms with E-state index in [0.29, 0.717) is 10.7 Å². The molecule has 0 saturated carbocycles. The molecule has 8 nitrogen and oxygen atoms in total. The Bertz CT molecular complexity index is 996. The summed E-state index contributed by atoms with van der Waals surface area (Å²) in [5.41, 5.74) is 1.87. The van der Waals surface area contributed by atoms with Crippen LogP contribution in [-0.4, -0.2) is 42.9 Å². The Hall–Kier alpha value is -3.10. The molecule has 1 unspecified atom stereocenters. The summed E-state index contributed by atoms with van der Waals surface area (Å²) >= 11 is 11.7. The molecule has 1 atom stereocenters. The predicted octanol–water partition coefficient (Wildman–Crippen LogP) is 2.97. The van der Waals surface area contributed by atoms with Crippen molar-refractivity contribution < 1.29 is 23.9 Å². The highest BCUT2D eigenvalue weighted by Crippen LogP contribution is 2.20. The van der Waals surface area contributed by atoms with Crippen LogP contribution in [0.5, 0.6) is 0 Å². The van der Waals surface area contributed by atoms with Gasteiger partial charge in [0.25, 0.3) is 11.8 Å². The van der Waals surface area contributed by atoms with Crippen molar-refractivity contribution in [2.24, 2.45) is 0 Å². The number of carbonyl (C=O) groups is 4. The highest BCUT2D eigenvalue weighted by molar-refractivity contribution is 6.36. The van der Waals surface area contributed by atoms with Crippen LogP contribution in [0.4, 0.5) is 5.69 Å². The zero-order valence-electron chi connectivity index (χ0n) is 17.5. The van der Waals surface area contributed by atoms with Crippen molar-refractivity contribution in [1.29, 1.82) is 0 Å². The Kier molecular flexibility index (Phi) is 9.49. The van der Waals surface area contributed by atoms with Gasteiger partial charge in [-0.2, -0.15) is 0 Å². The van der Waals surface area contributed by atoms with Gasteiger partial charge in [-0.15, -0.1) is 0 Å². The highest BCUT2D eigenvalue weighted by atomic mass is 35.5. The molecular formula is C22H23Cl2N3O5. The first-order valence-corrected chi connectivity index (χ1v) is 10.5. The predicted molar refractivity (Wildman–Crippen MR) is 122 cm³/mol. The zero-order chi connectivity index (χ0) is 23.7. The fourth-order valence-corrected chi connectivity index (χ4v) is 3.02. The lowest BCUT2D eigenvalue weighted by molar-refractivity contribution is -0.152. The number of carbonyl (C=O) groups excluding carboxylic acids is 4. The van der Waals surface area contributed by atoms with E-state index in [9.17, 15) is 19.2 Å². The molecule has 0 aliphatic carbocycles. The van der Waals surface area contributed by atoms with E-state index in [0.717, 1.165) is 12.0 Å². The Labute approximate surface area is 195 Å². The van der Waals surface area contributed by atoms with E-state index in [4.69, 9.17) is 27.9 Å². The molecule has 3 amide bonds. The standard InChI is InChI=1S/C22H23Cl2N3O5/c1-3-14-4-7-16(8-5-14)27-21(30)13(2)32-20(29)12-25-19(28)11-26-22(31)17-9-6-15(23)10-18(17)24/h4-10,13H,3,11-12H2,1-2H3,(H,25,28)(H,26,31)(H,27,30).